The first-order valence-electron chi connectivity index (χ1n) is 8.07. The highest BCUT2D eigenvalue weighted by molar-refractivity contribution is 7.99. The van der Waals surface area contributed by atoms with E-state index in [1.54, 1.807) is 11.8 Å². The van der Waals surface area contributed by atoms with Crippen LogP contribution >= 0.6 is 11.8 Å². The summed E-state index contributed by atoms with van der Waals surface area (Å²) in [6.07, 6.45) is 7.02. The van der Waals surface area contributed by atoms with Crippen molar-refractivity contribution in [1.29, 1.82) is 0 Å². The summed E-state index contributed by atoms with van der Waals surface area (Å²) in [6, 6.07) is 0. The summed E-state index contributed by atoms with van der Waals surface area (Å²) in [5.74, 6) is 1.40. The number of aliphatic hydroxyl groups is 1. The lowest BCUT2D eigenvalue weighted by Crippen LogP contribution is -2.22. The van der Waals surface area contributed by atoms with Gasteiger partial charge in [-0.25, -0.2) is 4.68 Å². The average molecular weight is 313 g/mol. The minimum absolute atomic E-state index is 0.249. The summed E-state index contributed by atoms with van der Waals surface area (Å²) in [5, 5.41) is 26.1. The lowest BCUT2D eigenvalue weighted by atomic mass is 10.0. The van der Waals surface area contributed by atoms with Gasteiger partial charge in [0.2, 0.25) is 5.16 Å². The van der Waals surface area contributed by atoms with Crippen molar-refractivity contribution in [2.45, 2.75) is 63.3 Å². The Kier molecular flexibility index (Phi) is 7.46. The molecule has 7 heteroatoms. The monoisotopic (exact) mass is 313 g/mol. The first-order chi connectivity index (χ1) is 10.3. The van der Waals surface area contributed by atoms with Gasteiger partial charge in [-0.3, -0.25) is 0 Å². The topological polar surface area (TPSA) is 75.9 Å². The van der Waals surface area contributed by atoms with Crippen LogP contribution in [0.15, 0.2) is 5.16 Å². The van der Waals surface area contributed by atoms with Gasteiger partial charge in [0, 0.05) is 12.3 Å². The smallest absolute Gasteiger partial charge is 0.209 e. The third-order valence-electron chi connectivity index (χ3n) is 3.91. The molecule has 1 aromatic heterocycles. The zero-order valence-corrected chi connectivity index (χ0v) is 13.7. The third-order valence-corrected chi connectivity index (χ3v) is 5.01. The van der Waals surface area contributed by atoms with Gasteiger partial charge in [0.15, 0.2) is 0 Å². The van der Waals surface area contributed by atoms with Gasteiger partial charge in [-0.1, -0.05) is 44.4 Å². The molecular formula is C14H27N5OS. The Morgan fingerprint density at radius 3 is 2.95 bits per heavy atom. The van der Waals surface area contributed by atoms with Crippen molar-refractivity contribution < 1.29 is 5.11 Å². The molecule has 0 bridgehead atoms. The number of rotatable bonds is 10. The molecule has 0 aromatic carbocycles. The van der Waals surface area contributed by atoms with E-state index in [0.717, 1.165) is 43.6 Å². The molecule has 1 unspecified atom stereocenters. The maximum atomic E-state index is 10.1. The molecule has 0 aliphatic heterocycles. The fourth-order valence-corrected chi connectivity index (χ4v) is 3.65. The van der Waals surface area contributed by atoms with E-state index >= 15 is 0 Å². The zero-order valence-electron chi connectivity index (χ0n) is 12.9. The average Bonchev–Trinajstić information content (AvgIpc) is 3.13. The van der Waals surface area contributed by atoms with E-state index in [1.807, 2.05) is 4.68 Å². The van der Waals surface area contributed by atoms with Crippen molar-refractivity contribution >= 4 is 11.8 Å². The van der Waals surface area contributed by atoms with E-state index in [1.165, 1.54) is 25.7 Å². The number of nitrogens with zero attached hydrogens (tertiary/aromatic N) is 4. The summed E-state index contributed by atoms with van der Waals surface area (Å²) >= 11 is 1.56. The number of hydrogen-bond acceptors (Lipinski definition) is 6. The molecule has 1 fully saturated rings. The number of aromatic nitrogens is 4. The Labute approximate surface area is 131 Å². The molecule has 120 valence electrons. The van der Waals surface area contributed by atoms with Gasteiger partial charge in [0.05, 0.1) is 12.6 Å². The number of hydrogen-bond donors (Lipinski definition) is 2. The predicted octanol–water partition coefficient (Wildman–Crippen LogP) is 1.71. The molecule has 1 aliphatic rings. The maximum absolute atomic E-state index is 10.1. The van der Waals surface area contributed by atoms with Crippen LogP contribution in [0.1, 0.15) is 45.4 Å². The maximum Gasteiger partial charge on any atom is 0.209 e. The molecule has 0 saturated heterocycles. The molecule has 1 heterocycles. The van der Waals surface area contributed by atoms with Gasteiger partial charge in [-0.2, -0.15) is 0 Å². The Morgan fingerprint density at radius 2 is 2.19 bits per heavy atom. The molecule has 2 rings (SSSR count). The van der Waals surface area contributed by atoms with Crippen molar-refractivity contribution in [3.05, 3.63) is 0 Å². The first-order valence-corrected chi connectivity index (χ1v) is 9.06. The van der Waals surface area contributed by atoms with Gasteiger partial charge in [0.25, 0.3) is 0 Å². The standard InChI is InChI=1S/C14H27N5OS/c1-2-7-15-8-9-19-14(16-17-18-19)21-11-13(20)10-12-5-3-4-6-12/h12-13,15,20H,2-11H2,1H3. The van der Waals surface area contributed by atoms with Crippen LogP contribution in [0.5, 0.6) is 0 Å². The number of aliphatic hydroxyl groups excluding tert-OH is 1. The van der Waals surface area contributed by atoms with Gasteiger partial charge >= 0.3 is 0 Å². The molecule has 1 saturated carbocycles. The molecule has 0 spiro atoms. The highest BCUT2D eigenvalue weighted by Crippen LogP contribution is 2.29. The minimum atomic E-state index is -0.249. The van der Waals surface area contributed by atoms with Crippen LogP contribution in [0, 0.1) is 5.92 Å². The lowest BCUT2D eigenvalue weighted by Gasteiger charge is -2.14. The lowest BCUT2D eigenvalue weighted by molar-refractivity contribution is 0.165. The molecule has 1 aromatic rings. The largest absolute Gasteiger partial charge is 0.392 e. The quantitative estimate of drug-likeness (QED) is 0.506. The Balaban J connectivity index is 1.68. The Bertz CT molecular complexity index is 394. The van der Waals surface area contributed by atoms with Crippen LogP contribution in [0.4, 0.5) is 0 Å². The van der Waals surface area contributed by atoms with Crippen LogP contribution in [-0.2, 0) is 6.54 Å². The van der Waals surface area contributed by atoms with E-state index in [-0.39, 0.29) is 6.10 Å². The van der Waals surface area contributed by atoms with Gasteiger partial charge in [-0.15, -0.1) is 5.10 Å². The normalized spacial score (nSPS) is 17.4. The molecule has 1 aliphatic carbocycles. The van der Waals surface area contributed by atoms with Gasteiger partial charge in [0.1, 0.15) is 0 Å². The minimum Gasteiger partial charge on any atom is -0.392 e. The summed E-state index contributed by atoms with van der Waals surface area (Å²) in [7, 11) is 0. The molecular weight excluding hydrogens is 286 g/mol. The van der Waals surface area contributed by atoms with Crippen molar-refractivity contribution in [2.75, 3.05) is 18.8 Å². The molecule has 0 radical (unpaired) electrons. The van der Waals surface area contributed by atoms with Crippen molar-refractivity contribution in [3.8, 4) is 0 Å². The summed E-state index contributed by atoms with van der Waals surface area (Å²) in [5.41, 5.74) is 0. The van der Waals surface area contributed by atoms with Gasteiger partial charge in [-0.05, 0) is 35.7 Å². The zero-order chi connectivity index (χ0) is 14.9. The van der Waals surface area contributed by atoms with Crippen LogP contribution < -0.4 is 5.32 Å². The van der Waals surface area contributed by atoms with E-state index < -0.39 is 0 Å². The second-order valence-corrected chi connectivity index (χ2v) is 6.77. The van der Waals surface area contributed by atoms with Crippen molar-refractivity contribution in [2.24, 2.45) is 5.92 Å². The Hall–Kier alpha value is -0.660. The van der Waals surface area contributed by atoms with E-state index in [9.17, 15) is 5.11 Å². The number of tetrazole rings is 1. The fraction of sp³-hybridized carbons (Fsp3) is 0.929. The van der Waals surface area contributed by atoms with Crippen LogP contribution in [-0.4, -0.2) is 50.3 Å². The van der Waals surface area contributed by atoms with Crippen LogP contribution in [0.3, 0.4) is 0 Å². The van der Waals surface area contributed by atoms with Crippen LogP contribution in [0.25, 0.3) is 0 Å². The number of thioether (sulfide) groups is 1. The second kappa shape index (κ2) is 9.38. The molecule has 0 amide bonds. The van der Waals surface area contributed by atoms with E-state index in [4.69, 9.17) is 0 Å². The Morgan fingerprint density at radius 1 is 1.38 bits per heavy atom. The van der Waals surface area contributed by atoms with E-state index in [0.29, 0.717) is 5.75 Å². The molecule has 21 heavy (non-hydrogen) atoms. The molecule has 2 N–H and O–H groups in total. The molecule has 1 atom stereocenters. The molecule has 6 nitrogen and oxygen atoms in total. The number of nitrogens with one attached hydrogen (secondary N) is 1. The summed E-state index contributed by atoms with van der Waals surface area (Å²) < 4.78 is 1.82. The summed E-state index contributed by atoms with van der Waals surface area (Å²) in [4.78, 5) is 0. The fourth-order valence-electron chi connectivity index (χ4n) is 2.80. The van der Waals surface area contributed by atoms with Crippen molar-refractivity contribution in [3.63, 3.8) is 0 Å². The van der Waals surface area contributed by atoms with Gasteiger partial charge < -0.3 is 10.4 Å². The third kappa shape index (κ3) is 5.92. The van der Waals surface area contributed by atoms with E-state index in [2.05, 4.69) is 27.8 Å². The predicted molar refractivity (Wildman–Crippen MR) is 84.3 cm³/mol. The van der Waals surface area contributed by atoms with Crippen molar-refractivity contribution in [1.82, 2.24) is 25.5 Å². The second-order valence-electron chi connectivity index (χ2n) is 5.79. The first kappa shape index (κ1) is 16.7. The van der Waals surface area contributed by atoms with Crippen LogP contribution in [0.2, 0.25) is 0 Å². The highest BCUT2D eigenvalue weighted by atomic mass is 32.2. The summed E-state index contributed by atoms with van der Waals surface area (Å²) in [6.45, 7) is 4.81. The SMILES string of the molecule is CCCNCCn1nnnc1SCC(O)CC1CCCC1. The highest BCUT2D eigenvalue weighted by Gasteiger charge is 2.19.